The van der Waals surface area contributed by atoms with E-state index in [1.54, 1.807) is 38.4 Å². The van der Waals surface area contributed by atoms with Gasteiger partial charge in [0, 0.05) is 37.6 Å². The molecule has 26 heavy (non-hydrogen) atoms. The van der Waals surface area contributed by atoms with Crippen molar-refractivity contribution in [3.8, 4) is 0 Å². The molecule has 1 N–H and O–H groups in total. The van der Waals surface area contributed by atoms with Crippen LogP contribution in [0.1, 0.15) is 17.3 Å². The summed E-state index contributed by atoms with van der Waals surface area (Å²) in [6, 6.07) is 12.7. The SMILES string of the molecule is CNc1ccc([N+](=O)[O-])cc1C(=O)O[C@@H](C)C(=O)N(C)c1ccccc1. The largest absolute Gasteiger partial charge is 0.449 e. The molecule has 136 valence electrons. The second-order valence-corrected chi connectivity index (χ2v) is 5.52. The average molecular weight is 357 g/mol. The molecule has 1 amide bonds. The lowest BCUT2D eigenvalue weighted by Gasteiger charge is -2.21. The van der Waals surface area contributed by atoms with Crippen LogP contribution in [0.4, 0.5) is 17.1 Å². The van der Waals surface area contributed by atoms with E-state index >= 15 is 0 Å². The van der Waals surface area contributed by atoms with E-state index in [1.165, 1.54) is 24.0 Å². The molecule has 0 fully saturated rings. The van der Waals surface area contributed by atoms with Gasteiger partial charge in [0.2, 0.25) is 0 Å². The lowest BCUT2D eigenvalue weighted by molar-refractivity contribution is -0.384. The Balaban J connectivity index is 2.17. The predicted octanol–water partition coefficient (Wildman–Crippen LogP) is 2.84. The Hall–Kier alpha value is -3.42. The number of amides is 1. The molecule has 8 nitrogen and oxygen atoms in total. The summed E-state index contributed by atoms with van der Waals surface area (Å²) >= 11 is 0. The molecule has 0 aromatic heterocycles. The van der Waals surface area contributed by atoms with Crippen LogP contribution in [0.3, 0.4) is 0 Å². The number of hydrogen-bond donors (Lipinski definition) is 1. The average Bonchev–Trinajstić information content (AvgIpc) is 2.66. The van der Waals surface area contributed by atoms with Crippen molar-refractivity contribution in [1.29, 1.82) is 0 Å². The Morgan fingerprint density at radius 3 is 2.42 bits per heavy atom. The van der Waals surface area contributed by atoms with Gasteiger partial charge in [0.1, 0.15) is 0 Å². The summed E-state index contributed by atoms with van der Waals surface area (Å²) in [6.45, 7) is 1.45. The number of anilines is 2. The number of nitrogens with zero attached hydrogens (tertiary/aromatic N) is 2. The van der Waals surface area contributed by atoms with Crippen molar-refractivity contribution in [3.63, 3.8) is 0 Å². The molecular formula is C18H19N3O5. The molecule has 0 saturated carbocycles. The van der Waals surface area contributed by atoms with Crippen LogP contribution in [0.2, 0.25) is 0 Å². The minimum absolute atomic E-state index is 0.0104. The number of rotatable bonds is 6. The van der Waals surface area contributed by atoms with Crippen LogP contribution in [-0.2, 0) is 9.53 Å². The summed E-state index contributed by atoms with van der Waals surface area (Å²) in [5, 5.41) is 13.7. The Bertz CT molecular complexity index is 823. The highest BCUT2D eigenvalue weighted by molar-refractivity contribution is 6.00. The third-order valence-corrected chi connectivity index (χ3v) is 3.81. The van der Waals surface area contributed by atoms with Crippen molar-refractivity contribution >= 4 is 28.9 Å². The van der Waals surface area contributed by atoms with Gasteiger partial charge in [-0.1, -0.05) is 18.2 Å². The zero-order valence-electron chi connectivity index (χ0n) is 14.6. The summed E-state index contributed by atoms with van der Waals surface area (Å²) in [7, 11) is 3.16. The third kappa shape index (κ3) is 4.15. The van der Waals surface area contributed by atoms with E-state index in [-0.39, 0.29) is 11.3 Å². The zero-order valence-corrected chi connectivity index (χ0v) is 14.6. The molecule has 8 heteroatoms. The Morgan fingerprint density at radius 2 is 1.85 bits per heavy atom. The van der Waals surface area contributed by atoms with Crippen LogP contribution in [0.15, 0.2) is 48.5 Å². The van der Waals surface area contributed by atoms with Gasteiger partial charge in [-0.05, 0) is 25.1 Å². The first-order chi connectivity index (χ1) is 12.3. The van der Waals surface area contributed by atoms with Gasteiger partial charge < -0.3 is 15.0 Å². The molecule has 0 aliphatic heterocycles. The summed E-state index contributed by atoms with van der Waals surface area (Å²) in [4.78, 5) is 36.6. The standard InChI is InChI=1S/C18H19N3O5/c1-12(17(22)20(3)13-7-5-4-6-8-13)26-18(23)15-11-14(21(24)25)9-10-16(15)19-2/h4-12,19H,1-3H3/t12-/m0/s1. The van der Waals surface area contributed by atoms with E-state index in [0.717, 1.165) is 6.07 Å². The van der Waals surface area contributed by atoms with Crippen molar-refractivity contribution in [2.75, 3.05) is 24.3 Å². The van der Waals surface area contributed by atoms with E-state index in [0.29, 0.717) is 11.4 Å². The first kappa shape index (κ1) is 18.9. The number of nitro benzene ring substituents is 1. The van der Waals surface area contributed by atoms with E-state index < -0.39 is 22.9 Å². The quantitative estimate of drug-likeness (QED) is 0.484. The van der Waals surface area contributed by atoms with Gasteiger partial charge in [-0.25, -0.2) is 4.79 Å². The van der Waals surface area contributed by atoms with Gasteiger partial charge in [-0.15, -0.1) is 0 Å². The first-order valence-corrected chi connectivity index (χ1v) is 7.85. The predicted molar refractivity (Wildman–Crippen MR) is 97.4 cm³/mol. The van der Waals surface area contributed by atoms with Gasteiger partial charge in [-0.3, -0.25) is 14.9 Å². The molecule has 0 saturated heterocycles. The Labute approximate surface area is 150 Å². The number of carbonyl (C=O) groups excluding carboxylic acids is 2. The van der Waals surface area contributed by atoms with Crippen molar-refractivity contribution < 1.29 is 19.2 Å². The third-order valence-electron chi connectivity index (χ3n) is 3.81. The highest BCUT2D eigenvalue weighted by atomic mass is 16.6. The number of hydrogen-bond acceptors (Lipinski definition) is 6. The lowest BCUT2D eigenvalue weighted by atomic mass is 10.1. The van der Waals surface area contributed by atoms with E-state index in [2.05, 4.69) is 5.32 Å². The normalized spacial score (nSPS) is 11.3. The number of para-hydroxylation sites is 1. The minimum atomic E-state index is -1.06. The number of carbonyl (C=O) groups is 2. The van der Waals surface area contributed by atoms with Crippen LogP contribution in [0.25, 0.3) is 0 Å². The maximum Gasteiger partial charge on any atom is 0.341 e. The highest BCUT2D eigenvalue weighted by Crippen LogP contribution is 2.23. The Morgan fingerprint density at radius 1 is 1.19 bits per heavy atom. The maximum atomic E-state index is 12.5. The molecule has 2 aromatic rings. The van der Waals surface area contributed by atoms with Crippen molar-refractivity contribution in [3.05, 3.63) is 64.2 Å². The maximum absolute atomic E-state index is 12.5. The van der Waals surface area contributed by atoms with Crippen LogP contribution >= 0.6 is 0 Å². The van der Waals surface area contributed by atoms with Crippen molar-refractivity contribution in [2.45, 2.75) is 13.0 Å². The number of likely N-dealkylation sites (N-methyl/N-ethyl adjacent to an activating group) is 1. The van der Waals surface area contributed by atoms with Crippen LogP contribution in [-0.4, -0.2) is 37.0 Å². The molecule has 0 unspecified atom stereocenters. The second-order valence-electron chi connectivity index (χ2n) is 5.52. The molecule has 0 aliphatic carbocycles. The van der Waals surface area contributed by atoms with Crippen LogP contribution in [0, 0.1) is 10.1 Å². The van der Waals surface area contributed by atoms with Gasteiger partial charge in [0.25, 0.3) is 11.6 Å². The topological polar surface area (TPSA) is 102 Å². The van der Waals surface area contributed by atoms with Gasteiger partial charge in [-0.2, -0.15) is 0 Å². The molecule has 0 heterocycles. The van der Waals surface area contributed by atoms with E-state index in [4.69, 9.17) is 4.74 Å². The number of benzene rings is 2. The van der Waals surface area contributed by atoms with Crippen molar-refractivity contribution in [2.24, 2.45) is 0 Å². The molecule has 2 aromatic carbocycles. The van der Waals surface area contributed by atoms with Crippen LogP contribution in [0.5, 0.6) is 0 Å². The fraction of sp³-hybridized carbons (Fsp3) is 0.222. The first-order valence-electron chi connectivity index (χ1n) is 7.85. The molecule has 2 rings (SSSR count). The number of non-ortho nitro benzene ring substituents is 1. The fourth-order valence-electron chi connectivity index (χ4n) is 2.36. The smallest absolute Gasteiger partial charge is 0.341 e. The number of nitro groups is 1. The lowest BCUT2D eigenvalue weighted by Crippen LogP contribution is -2.37. The molecule has 0 bridgehead atoms. The van der Waals surface area contributed by atoms with Gasteiger partial charge in [0.15, 0.2) is 6.10 Å². The molecule has 0 radical (unpaired) electrons. The van der Waals surface area contributed by atoms with Gasteiger partial charge >= 0.3 is 5.97 Å². The number of nitrogens with one attached hydrogen (secondary N) is 1. The molecule has 0 spiro atoms. The summed E-state index contributed by atoms with van der Waals surface area (Å²) in [5.74, 6) is -1.23. The monoisotopic (exact) mass is 357 g/mol. The molecule has 1 atom stereocenters. The minimum Gasteiger partial charge on any atom is -0.449 e. The number of ether oxygens (including phenoxy) is 1. The summed E-state index contributed by atoms with van der Waals surface area (Å²) in [6.07, 6.45) is -1.06. The van der Waals surface area contributed by atoms with Crippen LogP contribution < -0.4 is 10.2 Å². The summed E-state index contributed by atoms with van der Waals surface area (Å²) in [5.41, 5.74) is 0.781. The number of esters is 1. The van der Waals surface area contributed by atoms with E-state index in [1.807, 2.05) is 6.07 Å². The van der Waals surface area contributed by atoms with Gasteiger partial charge in [0.05, 0.1) is 10.5 Å². The summed E-state index contributed by atoms with van der Waals surface area (Å²) < 4.78 is 5.23. The molecule has 0 aliphatic rings. The second kappa shape index (κ2) is 8.11. The van der Waals surface area contributed by atoms with E-state index in [9.17, 15) is 19.7 Å². The fourth-order valence-corrected chi connectivity index (χ4v) is 2.36. The Kier molecular flexibility index (Phi) is 5.90. The van der Waals surface area contributed by atoms with Crippen molar-refractivity contribution in [1.82, 2.24) is 0 Å². The highest BCUT2D eigenvalue weighted by Gasteiger charge is 2.25. The molecular weight excluding hydrogens is 338 g/mol. The zero-order chi connectivity index (χ0) is 19.3.